The van der Waals surface area contributed by atoms with E-state index in [9.17, 15) is 4.79 Å². The third-order valence-corrected chi connectivity index (χ3v) is 4.93. The predicted molar refractivity (Wildman–Crippen MR) is 108 cm³/mol. The number of carbonyl (C=O) groups excluding carboxylic acids is 1. The monoisotopic (exact) mass is 358 g/mol. The second kappa shape index (κ2) is 6.83. The lowest BCUT2D eigenvalue weighted by molar-refractivity contribution is 0.0984. The first kappa shape index (κ1) is 17.2. The fourth-order valence-electron chi connectivity index (χ4n) is 3.70. The molecule has 0 fully saturated rings. The molecule has 1 aliphatic rings. The highest BCUT2D eigenvalue weighted by molar-refractivity contribution is 6.05. The number of para-hydroxylation sites is 1. The number of amides is 1. The van der Waals surface area contributed by atoms with Gasteiger partial charge in [0, 0.05) is 17.9 Å². The second-order valence-electron chi connectivity index (χ2n) is 7.02. The van der Waals surface area contributed by atoms with Crippen LogP contribution >= 0.6 is 0 Å². The van der Waals surface area contributed by atoms with Gasteiger partial charge in [-0.2, -0.15) is 0 Å². The Morgan fingerprint density at radius 2 is 1.78 bits per heavy atom. The number of nitrogens with zero attached hydrogens (tertiary/aromatic N) is 3. The van der Waals surface area contributed by atoms with E-state index in [1.807, 2.05) is 18.2 Å². The van der Waals surface area contributed by atoms with Crippen LogP contribution in [0.4, 0.5) is 17.2 Å². The highest BCUT2D eigenvalue weighted by atomic mass is 16.2. The Hall–Kier alpha value is -3.21. The third kappa shape index (κ3) is 3.28. The van der Waals surface area contributed by atoms with Gasteiger partial charge in [-0.15, -0.1) is 0 Å². The van der Waals surface area contributed by atoms with E-state index in [4.69, 9.17) is 0 Å². The van der Waals surface area contributed by atoms with Crippen LogP contribution in [-0.4, -0.2) is 22.4 Å². The van der Waals surface area contributed by atoms with Crippen molar-refractivity contribution in [2.45, 2.75) is 27.2 Å². The SMILES string of the molecule is Cc1cc(C)c(Nc2cnc(C(=O)N3CCc4ccccc43)cn2)c(C)c1. The van der Waals surface area contributed by atoms with Crippen molar-refractivity contribution >= 4 is 23.1 Å². The Balaban J connectivity index is 1.54. The molecule has 2 heterocycles. The van der Waals surface area contributed by atoms with Crippen molar-refractivity contribution in [3.63, 3.8) is 0 Å². The first-order valence-corrected chi connectivity index (χ1v) is 9.09. The molecule has 0 spiro atoms. The molecule has 0 saturated heterocycles. The summed E-state index contributed by atoms with van der Waals surface area (Å²) in [5.41, 5.74) is 7.09. The summed E-state index contributed by atoms with van der Waals surface area (Å²) in [6.07, 6.45) is 4.04. The highest BCUT2D eigenvalue weighted by Crippen LogP contribution is 2.29. The van der Waals surface area contributed by atoms with Crippen molar-refractivity contribution < 1.29 is 4.79 Å². The summed E-state index contributed by atoms with van der Waals surface area (Å²) in [5.74, 6) is 0.519. The molecule has 0 bridgehead atoms. The Morgan fingerprint density at radius 1 is 1.04 bits per heavy atom. The first-order valence-electron chi connectivity index (χ1n) is 9.09. The molecule has 27 heavy (non-hydrogen) atoms. The van der Waals surface area contributed by atoms with Gasteiger partial charge in [-0.3, -0.25) is 4.79 Å². The maximum atomic E-state index is 12.8. The number of aromatic nitrogens is 2. The van der Waals surface area contributed by atoms with E-state index in [-0.39, 0.29) is 5.91 Å². The molecule has 136 valence electrons. The van der Waals surface area contributed by atoms with Gasteiger partial charge in [-0.1, -0.05) is 35.9 Å². The molecule has 5 nitrogen and oxygen atoms in total. The van der Waals surface area contributed by atoms with Crippen molar-refractivity contribution in [2.24, 2.45) is 0 Å². The van der Waals surface area contributed by atoms with Crippen molar-refractivity contribution in [1.29, 1.82) is 0 Å². The minimum Gasteiger partial charge on any atom is -0.339 e. The largest absolute Gasteiger partial charge is 0.339 e. The molecule has 1 aliphatic heterocycles. The van der Waals surface area contributed by atoms with Gasteiger partial charge in [-0.25, -0.2) is 9.97 Å². The number of benzene rings is 2. The van der Waals surface area contributed by atoms with Crippen LogP contribution in [0.25, 0.3) is 0 Å². The number of hydrogen-bond donors (Lipinski definition) is 1. The smallest absolute Gasteiger partial charge is 0.278 e. The Morgan fingerprint density at radius 3 is 2.48 bits per heavy atom. The summed E-state index contributed by atoms with van der Waals surface area (Å²) in [6.45, 7) is 6.90. The first-order chi connectivity index (χ1) is 13.0. The number of nitrogens with one attached hydrogen (secondary N) is 1. The zero-order valence-corrected chi connectivity index (χ0v) is 15.8. The molecule has 0 radical (unpaired) electrons. The minimum absolute atomic E-state index is 0.110. The second-order valence-corrected chi connectivity index (χ2v) is 7.02. The number of carbonyl (C=O) groups is 1. The summed E-state index contributed by atoms with van der Waals surface area (Å²) >= 11 is 0. The van der Waals surface area contributed by atoms with Crippen LogP contribution in [0.5, 0.6) is 0 Å². The van der Waals surface area contributed by atoms with Crippen molar-refractivity contribution in [3.05, 3.63) is 76.7 Å². The standard InChI is InChI=1S/C22H22N4O/c1-14-10-15(2)21(16(3)11-14)25-20-13-23-18(12-24-20)22(27)26-9-8-17-6-4-5-7-19(17)26/h4-7,10-13H,8-9H2,1-3H3,(H,24,25). The Kier molecular flexibility index (Phi) is 4.36. The minimum atomic E-state index is -0.110. The molecule has 0 unspecified atom stereocenters. The summed E-state index contributed by atoms with van der Waals surface area (Å²) in [7, 11) is 0. The zero-order chi connectivity index (χ0) is 19.0. The van der Waals surface area contributed by atoms with Crippen LogP contribution in [0.1, 0.15) is 32.7 Å². The zero-order valence-electron chi connectivity index (χ0n) is 15.8. The van der Waals surface area contributed by atoms with Gasteiger partial charge in [0.2, 0.25) is 0 Å². The van der Waals surface area contributed by atoms with Gasteiger partial charge in [0.1, 0.15) is 11.5 Å². The van der Waals surface area contributed by atoms with E-state index >= 15 is 0 Å². The lowest BCUT2D eigenvalue weighted by Crippen LogP contribution is -2.29. The van der Waals surface area contributed by atoms with Crippen LogP contribution < -0.4 is 10.2 Å². The van der Waals surface area contributed by atoms with E-state index in [2.05, 4.69) is 54.3 Å². The molecule has 1 aromatic heterocycles. The summed E-state index contributed by atoms with van der Waals surface area (Å²) in [4.78, 5) is 23.4. The van der Waals surface area contributed by atoms with Crippen LogP contribution in [0, 0.1) is 20.8 Å². The molecule has 0 aliphatic carbocycles. The lowest BCUT2D eigenvalue weighted by Gasteiger charge is -2.17. The van der Waals surface area contributed by atoms with Crippen molar-refractivity contribution in [2.75, 3.05) is 16.8 Å². The van der Waals surface area contributed by atoms with E-state index in [0.29, 0.717) is 18.1 Å². The van der Waals surface area contributed by atoms with Crippen LogP contribution in [0.15, 0.2) is 48.8 Å². The Bertz CT molecular complexity index is 988. The normalized spacial score (nSPS) is 12.8. The van der Waals surface area contributed by atoms with Gasteiger partial charge >= 0.3 is 0 Å². The topological polar surface area (TPSA) is 58.1 Å². The summed E-state index contributed by atoms with van der Waals surface area (Å²) in [6, 6.07) is 12.3. The molecular formula is C22H22N4O. The maximum absolute atomic E-state index is 12.8. The van der Waals surface area contributed by atoms with Gasteiger partial charge < -0.3 is 10.2 Å². The van der Waals surface area contributed by atoms with Crippen molar-refractivity contribution in [3.8, 4) is 0 Å². The van der Waals surface area contributed by atoms with E-state index in [1.54, 1.807) is 17.3 Å². The quantitative estimate of drug-likeness (QED) is 0.756. The van der Waals surface area contributed by atoms with Gasteiger partial charge in [-0.05, 0) is 49.9 Å². The van der Waals surface area contributed by atoms with E-state index < -0.39 is 0 Å². The molecule has 0 saturated carbocycles. The molecular weight excluding hydrogens is 336 g/mol. The third-order valence-electron chi connectivity index (χ3n) is 4.93. The van der Waals surface area contributed by atoms with E-state index in [1.165, 1.54) is 11.1 Å². The summed E-state index contributed by atoms with van der Waals surface area (Å²) in [5, 5.41) is 3.32. The molecule has 2 aromatic carbocycles. The summed E-state index contributed by atoms with van der Waals surface area (Å²) < 4.78 is 0. The fraction of sp³-hybridized carbons (Fsp3) is 0.227. The Labute approximate surface area is 159 Å². The number of anilines is 3. The van der Waals surface area contributed by atoms with E-state index in [0.717, 1.165) is 28.9 Å². The molecule has 3 aromatic rings. The number of hydrogen-bond acceptors (Lipinski definition) is 4. The average Bonchev–Trinajstić information content (AvgIpc) is 3.09. The molecule has 1 N–H and O–H groups in total. The fourth-order valence-corrected chi connectivity index (χ4v) is 3.70. The van der Waals surface area contributed by atoms with Crippen LogP contribution in [0.2, 0.25) is 0 Å². The average molecular weight is 358 g/mol. The number of fused-ring (bicyclic) bond motifs is 1. The maximum Gasteiger partial charge on any atom is 0.278 e. The number of rotatable bonds is 3. The highest BCUT2D eigenvalue weighted by Gasteiger charge is 2.26. The molecule has 4 rings (SSSR count). The van der Waals surface area contributed by atoms with Crippen molar-refractivity contribution in [1.82, 2.24) is 9.97 Å². The molecule has 0 atom stereocenters. The molecule has 5 heteroatoms. The number of aryl methyl sites for hydroxylation is 3. The lowest BCUT2D eigenvalue weighted by atomic mass is 10.1. The van der Waals surface area contributed by atoms with Gasteiger partial charge in [0.15, 0.2) is 0 Å². The van der Waals surface area contributed by atoms with Crippen LogP contribution in [0.3, 0.4) is 0 Å². The molecule has 1 amide bonds. The van der Waals surface area contributed by atoms with Gasteiger partial charge in [0.25, 0.3) is 5.91 Å². The van der Waals surface area contributed by atoms with Gasteiger partial charge in [0.05, 0.1) is 12.4 Å². The predicted octanol–water partition coefficient (Wildman–Crippen LogP) is 4.35. The van der Waals surface area contributed by atoms with Crippen LogP contribution in [-0.2, 0) is 6.42 Å².